The number of hydrogen-bond acceptors (Lipinski definition) is 5. The van der Waals surface area contributed by atoms with E-state index in [1.54, 1.807) is 30.5 Å². The molecule has 6 nitrogen and oxygen atoms in total. The molecular formula is C14H13FN4O2S. The Hall–Kier alpha value is -2.61. The summed E-state index contributed by atoms with van der Waals surface area (Å²) in [5, 5.41) is 2.41. The summed E-state index contributed by atoms with van der Waals surface area (Å²) in [6.07, 6.45) is 1.01. The van der Waals surface area contributed by atoms with Crippen molar-refractivity contribution in [2.24, 2.45) is 0 Å². The van der Waals surface area contributed by atoms with Crippen molar-refractivity contribution in [1.82, 2.24) is 15.0 Å². The fraction of sp³-hybridized carbons (Fsp3) is 0.0714. The predicted molar refractivity (Wildman–Crippen MR) is 83.6 cm³/mol. The summed E-state index contributed by atoms with van der Waals surface area (Å²) in [5.74, 6) is 0.116. The van der Waals surface area contributed by atoms with Crippen LogP contribution < -0.4 is 5.32 Å². The van der Waals surface area contributed by atoms with E-state index >= 15 is 0 Å². The zero-order valence-corrected chi connectivity index (χ0v) is 12.5. The number of aromatic nitrogens is 3. The maximum absolute atomic E-state index is 11.9. The van der Waals surface area contributed by atoms with Crippen LogP contribution in [0.3, 0.4) is 0 Å². The highest BCUT2D eigenvalue weighted by Crippen LogP contribution is 2.15. The maximum atomic E-state index is 11.9. The summed E-state index contributed by atoms with van der Waals surface area (Å²) in [4.78, 5) is 22.6. The number of fused-ring (bicyclic) bond motifs is 1. The van der Waals surface area contributed by atoms with E-state index in [4.69, 9.17) is 0 Å². The molecule has 3 rings (SSSR count). The molecule has 8 heteroatoms. The molecule has 2 N–H and O–H groups in total. The van der Waals surface area contributed by atoms with Crippen molar-refractivity contribution in [2.75, 3.05) is 12.4 Å². The minimum Gasteiger partial charge on any atom is -0.453 e. The van der Waals surface area contributed by atoms with E-state index in [-0.39, 0.29) is 5.82 Å². The number of rotatable bonds is 1. The molecule has 0 bridgehead atoms. The van der Waals surface area contributed by atoms with Gasteiger partial charge >= 0.3 is 6.09 Å². The van der Waals surface area contributed by atoms with Crippen LogP contribution in [0.25, 0.3) is 11.2 Å². The lowest BCUT2D eigenvalue weighted by Crippen LogP contribution is -2.11. The molecule has 0 aliphatic carbocycles. The largest absolute Gasteiger partial charge is 0.453 e. The van der Waals surface area contributed by atoms with Crippen LogP contribution in [0.15, 0.2) is 47.5 Å². The van der Waals surface area contributed by atoms with Gasteiger partial charge in [-0.1, -0.05) is 18.2 Å². The quantitative estimate of drug-likeness (QED) is 0.601. The number of methoxy groups -OCH3 is 1. The molecule has 0 unspecified atom stereocenters. The van der Waals surface area contributed by atoms with Crippen molar-refractivity contribution in [3.63, 3.8) is 0 Å². The van der Waals surface area contributed by atoms with Crippen molar-refractivity contribution in [1.29, 1.82) is 0 Å². The second kappa shape index (κ2) is 7.41. The van der Waals surface area contributed by atoms with Gasteiger partial charge in [-0.2, -0.15) is 0 Å². The second-order valence-electron chi connectivity index (χ2n) is 4.06. The highest BCUT2D eigenvalue weighted by Gasteiger charge is 2.06. The van der Waals surface area contributed by atoms with E-state index in [9.17, 15) is 9.18 Å². The average Bonchev–Trinajstić information content (AvgIpc) is 2.89. The number of carbonyl (C=O) groups excluding carboxylic acids is 1. The third-order valence-electron chi connectivity index (χ3n) is 2.46. The van der Waals surface area contributed by atoms with Crippen LogP contribution in [0.2, 0.25) is 0 Å². The number of thiol groups is 1. The van der Waals surface area contributed by atoms with Gasteiger partial charge in [0.05, 0.1) is 7.11 Å². The molecule has 0 spiro atoms. The van der Waals surface area contributed by atoms with Gasteiger partial charge in [0, 0.05) is 11.1 Å². The Labute approximate surface area is 131 Å². The summed E-state index contributed by atoms with van der Waals surface area (Å²) in [7, 11) is 1.28. The smallest absolute Gasteiger partial charge is 0.413 e. The number of amides is 1. The van der Waals surface area contributed by atoms with Gasteiger partial charge in [0.1, 0.15) is 11.3 Å². The number of imidazole rings is 1. The van der Waals surface area contributed by atoms with Gasteiger partial charge in [-0.25, -0.2) is 19.2 Å². The Morgan fingerprint density at radius 3 is 2.68 bits per heavy atom. The van der Waals surface area contributed by atoms with Crippen LogP contribution >= 0.6 is 12.6 Å². The summed E-state index contributed by atoms with van der Waals surface area (Å²) >= 11 is 4.13. The van der Waals surface area contributed by atoms with E-state index in [1.165, 1.54) is 19.2 Å². The lowest BCUT2D eigenvalue weighted by Gasteiger charge is -1.96. The second-order valence-corrected chi connectivity index (χ2v) is 4.58. The highest BCUT2D eigenvalue weighted by molar-refractivity contribution is 7.80. The van der Waals surface area contributed by atoms with Crippen molar-refractivity contribution >= 4 is 35.8 Å². The lowest BCUT2D eigenvalue weighted by atomic mass is 10.4. The number of pyridine rings is 1. The van der Waals surface area contributed by atoms with Gasteiger partial charge in [-0.05, 0) is 18.2 Å². The molecule has 114 valence electrons. The van der Waals surface area contributed by atoms with Crippen LogP contribution in [0.1, 0.15) is 0 Å². The monoisotopic (exact) mass is 320 g/mol. The molecule has 2 heterocycles. The number of benzene rings is 1. The number of nitrogens with zero attached hydrogens (tertiary/aromatic N) is 2. The number of ether oxygens (including phenoxy) is 1. The number of H-pyrrole nitrogens is 1. The topological polar surface area (TPSA) is 79.9 Å². The van der Waals surface area contributed by atoms with Gasteiger partial charge in [-0.15, -0.1) is 12.6 Å². The fourth-order valence-electron chi connectivity index (χ4n) is 1.51. The number of hydrogen-bond donors (Lipinski definition) is 3. The van der Waals surface area contributed by atoms with E-state index in [1.807, 2.05) is 0 Å². The average molecular weight is 320 g/mol. The molecule has 1 aromatic carbocycles. The Kier molecular flexibility index (Phi) is 5.31. The fourth-order valence-corrected chi connectivity index (χ4v) is 1.69. The molecule has 3 aromatic rings. The predicted octanol–water partition coefficient (Wildman–Crippen LogP) is 3.25. The molecule has 22 heavy (non-hydrogen) atoms. The van der Waals surface area contributed by atoms with Crippen molar-refractivity contribution in [3.05, 3.63) is 48.4 Å². The van der Waals surface area contributed by atoms with Gasteiger partial charge in [0.15, 0.2) is 5.65 Å². The number of halogens is 1. The minimum absolute atomic E-state index is 0.178. The molecule has 0 atom stereocenters. The van der Waals surface area contributed by atoms with Crippen molar-refractivity contribution in [3.8, 4) is 0 Å². The van der Waals surface area contributed by atoms with Crippen LogP contribution in [0.4, 0.5) is 15.1 Å². The molecule has 1 amide bonds. The summed E-state index contributed by atoms with van der Waals surface area (Å²) in [6.45, 7) is 0. The Bertz CT molecular complexity index is 764. The number of nitrogens with one attached hydrogen (secondary N) is 2. The highest BCUT2D eigenvalue weighted by atomic mass is 32.1. The first-order chi connectivity index (χ1) is 10.6. The van der Waals surface area contributed by atoms with Crippen molar-refractivity contribution < 1.29 is 13.9 Å². The molecule has 0 saturated heterocycles. The number of carbonyl (C=O) groups is 1. The summed E-state index contributed by atoms with van der Waals surface area (Å²) < 4.78 is 16.3. The van der Waals surface area contributed by atoms with Gasteiger partial charge < -0.3 is 9.72 Å². The molecule has 0 aliphatic rings. The van der Waals surface area contributed by atoms with E-state index in [0.29, 0.717) is 22.0 Å². The van der Waals surface area contributed by atoms with E-state index in [2.05, 4.69) is 37.6 Å². The molecule has 0 fully saturated rings. The normalized spacial score (nSPS) is 9.77. The first-order valence-electron chi connectivity index (χ1n) is 6.18. The van der Waals surface area contributed by atoms with Gasteiger partial charge in [0.2, 0.25) is 5.95 Å². The third-order valence-corrected chi connectivity index (χ3v) is 2.71. The Morgan fingerprint density at radius 1 is 1.36 bits per heavy atom. The lowest BCUT2D eigenvalue weighted by molar-refractivity contribution is 0.186. The van der Waals surface area contributed by atoms with Gasteiger partial charge in [-0.3, -0.25) is 5.32 Å². The molecule has 0 aliphatic heterocycles. The van der Waals surface area contributed by atoms with Crippen LogP contribution in [0, 0.1) is 5.82 Å². The van der Waals surface area contributed by atoms with Crippen LogP contribution in [-0.4, -0.2) is 28.2 Å². The van der Waals surface area contributed by atoms with Crippen molar-refractivity contribution in [2.45, 2.75) is 4.90 Å². The minimum atomic E-state index is -0.583. The molecule has 0 radical (unpaired) electrons. The Morgan fingerprint density at radius 2 is 2.09 bits per heavy atom. The molecular weight excluding hydrogens is 307 g/mol. The molecule has 0 saturated carbocycles. The number of anilines is 1. The first kappa shape index (κ1) is 15.8. The summed E-state index contributed by atoms with van der Waals surface area (Å²) in [5.41, 5.74) is 1.22. The number of aromatic amines is 1. The maximum Gasteiger partial charge on any atom is 0.413 e. The zero-order chi connectivity index (χ0) is 15.9. The summed E-state index contributed by atoms with van der Waals surface area (Å²) in [6, 6.07) is 9.68. The van der Waals surface area contributed by atoms with E-state index < -0.39 is 6.09 Å². The standard InChI is InChI=1S/C8H8N4O2S.C6H5F/c1-14-8(13)12-7-10-5-2-4(15)3-9-6(5)11-7;7-6-4-2-1-3-5-6/h2-3,15H,1H3,(H2,9,10,11,12,13);1-5H. The molecule has 2 aromatic heterocycles. The zero-order valence-electron chi connectivity index (χ0n) is 11.6. The van der Waals surface area contributed by atoms with Crippen LogP contribution in [-0.2, 0) is 4.74 Å². The van der Waals surface area contributed by atoms with Gasteiger partial charge in [0.25, 0.3) is 0 Å². The van der Waals surface area contributed by atoms with E-state index in [0.717, 1.165) is 0 Å². The Balaban J connectivity index is 0.000000211. The van der Waals surface area contributed by atoms with Crippen LogP contribution in [0.5, 0.6) is 0 Å². The SMILES string of the molecule is COC(=O)Nc1nc2cc(S)cnc2[nH]1.Fc1ccccc1. The third kappa shape index (κ3) is 4.45. The first-order valence-corrected chi connectivity index (χ1v) is 6.63.